The van der Waals surface area contributed by atoms with E-state index in [-0.39, 0.29) is 11.8 Å². The number of hydrogen-bond donors (Lipinski definition) is 4. The van der Waals surface area contributed by atoms with E-state index in [0.29, 0.717) is 29.9 Å². The number of morpholine rings is 1. The zero-order chi connectivity index (χ0) is 29.2. The van der Waals surface area contributed by atoms with Crippen molar-refractivity contribution in [2.24, 2.45) is 0 Å². The number of para-hydroxylation sites is 2. The van der Waals surface area contributed by atoms with E-state index in [1.54, 1.807) is 18.2 Å². The monoisotopic (exact) mass is 555 g/mol. The average Bonchev–Trinajstić information content (AvgIpc) is 2.97. The van der Waals surface area contributed by atoms with Gasteiger partial charge in [-0.1, -0.05) is 62.4 Å². The average molecular weight is 556 g/mol. The Morgan fingerprint density at radius 3 is 2.39 bits per heavy atom. The van der Waals surface area contributed by atoms with Gasteiger partial charge >= 0.3 is 0 Å². The maximum Gasteiger partial charge on any atom is 0.248 e. The topological polar surface area (TPSA) is 109 Å². The number of nitrogens with one attached hydrogen (secondary N) is 3. The molecule has 0 bridgehead atoms. The van der Waals surface area contributed by atoms with Gasteiger partial charge in [0.1, 0.15) is 6.04 Å². The van der Waals surface area contributed by atoms with Crippen LogP contribution in [0.5, 0.6) is 0 Å². The summed E-state index contributed by atoms with van der Waals surface area (Å²) in [5, 5.41) is 9.33. The van der Waals surface area contributed by atoms with Crippen LogP contribution in [0.15, 0.2) is 78.9 Å². The van der Waals surface area contributed by atoms with Crippen LogP contribution >= 0.6 is 0 Å². The molecule has 8 heteroatoms. The standard InChI is InChI=1S/C33H41N5O3/c1-23(2)26-13-15-28(16-14-26)36-33(40)32(35-18-19-38-20-21-41-22-24(38)3)27-11-8-25(9-12-27)10-17-31(39)37-30-7-5-4-6-29(30)34/h4-17,23-24,32,35H,18-22,34H2,1-3H3,(H,36,40)(H,37,39)/b17-10+. The molecule has 2 amide bonds. The van der Waals surface area contributed by atoms with Crippen LogP contribution < -0.4 is 21.7 Å². The van der Waals surface area contributed by atoms with Crippen LogP contribution in [0.25, 0.3) is 6.08 Å². The molecule has 3 aromatic rings. The second kappa shape index (κ2) is 14.6. The first-order chi connectivity index (χ1) is 19.8. The minimum absolute atomic E-state index is 0.125. The van der Waals surface area contributed by atoms with Crippen molar-refractivity contribution in [3.8, 4) is 0 Å². The number of hydrogen-bond acceptors (Lipinski definition) is 6. The first-order valence-corrected chi connectivity index (χ1v) is 14.2. The lowest BCUT2D eigenvalue weighted by atomic mass is 10.0. The third-order valence-electron chi connectivity index (χ3n) is 7.28. The van der Waals surface area contributed by atoms with Gasteiger partial charge in [0.05, 0.1) is 24.6 Å². The summed E-state index contributed by atoms with van der Waals surface area (Å²) >= 11 is 0. The number of benzene rings is 3. The lowest BCUT2D eigenvalue weighted by Crippen LogP contribution is -2.47. The highest BCUT2D eigenvalue weighted by Crippen LogP contribution is 2.21. The summed E-state index contributed by atoms with van der Waals surface area (Å²) in [4.78, 5) is 28.2. The number of ether oxygens (including phenoxy) is 1. The molecule has 0 aliphatic carbocycles. The van der Waals surface area contributed by atoms with Gasteiger partial charge in [0.2, 0.25) is 11.8 Å². The van der Waals surface area contributed by atoms with Crippen LogP contribution in [0.2, 0.25) is 0 Å². The zero-order valence-electron chi connectivity index (χ0n) is 24.1. The molecular weight excluding hydrogens is 514 g/mol. The van der Waals surface area contributed by atoms with E-state index in [4.69, 9.17) is 10.5 Å². The Labute approximate surface area is 243 Å². The van der Waals surface area contributed by atoms with Crippen molar-refractivity contribution in [2.45, 2.75) is 38.8 Å². The first-order valence-electron chi connectivity index (χ1n) is 14.2. The molecule has 1 heterocycles. The second-order valence-corrected chi connectivity index (χ2v) is 10.7. The van der Waals surface area contributed by atoms with E-state index < -0.39 is 6.04 Å². The maximum atomic E-state index is 13.5. The van der Waals surface area contributed by atoms with Gasteiger partial charge in [-0.2, -0.15) is 0 Å². The van der Waals surface area contributed by atoms with Crippen molar-refractivity contribution in [3.05, 3.63) is 95.6 Å². The number of nitrogens with two attached hydrogens (primary N) is 1. The minimum Gasteiger partial charge on any atom is -0.397 e. The van der Waals surface area contributed by atoms with Gasteiger partial charge in [-0.3, -0.25) is 14.5 Å². The molecule has 5 N–H and O–H groups in total. The van der Waals surface area contributed by atoms with Gasteiger partial charge in [-0.25, -0.2) is 0 Å². The molecule has 2 atom stereocenters. The lowest BCUT2D eigenvalue weighted by molar-refractivity contribution is -0.118. The van der Waals surface area contributed by atoms with Gasteiger partial charge in [0.25, 0.3) is 0 Å². The van der Waals surface area contributed by atoms with Crippen LogP contribution in [0.1, 0.15) is 49.4 Å². The molecule has 1 aliphatic rings. The van der Waals surface area contributed by atoms with Gasteiger partial charge in [-0.05, 0) is 59.9 Å². The van der Waals surface area contributed by atoms with Gasteiger partial charge in [0, 0.05) is 37.4 Å². The maximum absolute atomic E-state index is 13.5. The minimum atomic E-state index is -0.543. The zero-order valence-corrected chi connectivity index (χ0v) is 24.1. The number of nitrogen functional groups attached to an aromatic ring is 1. The van der Waals surface area contributed by atoms with E-state index in [1.807, 2.05) is 60.7 Å². The van der Waals surface area contributed by atoms with Crippen molar-refractivity contribution < 1.29 is 14.3 Å². The first kappa shape index (κ1) is 30.0. The fourth-order valence-electron chi connectivity index (χ4n) is 4.73. The summed E-state index contributed by atoms with van der Waals surface area (Å²) in [6, 6.07) is 22.6. The Bertz CT molecular complexity index is 1320. The molecule has 0 radical (unpaired) electrons. The highest BCUT2D eigenvalue weighted by atomic mass is 16.5. The van der Waals surface area contributed by atoms with Gasteiger partial charge in [-0.15, -0.1) is 0 Å². The van der Waals surface area contributed by atoms with Crippen molar-refractivity contribution in [1.29, 1.82) is 0 Å². The Morgan fingerprint density at radius 1 is 1.00 bits per heavy atom. The van der Waals surface area contributed by atoms with E-state index >= 15 is 0 Å². The van der Waals surface area contributed by atoms with E-state index in [1.165, 1.54) is 11.6 Å². The van der Waals surface area contributed by atoms with Crippen molar-refractivity contribution in [1.82, 2.24) is 10.2 Å². The van der Waals surface area contributed by atoms with Crippen molar-refractivity contribution in [3.63, 3.8) is 0 Å². The number of carbonyl (C=O) groups excluding carboxylic acids is 2. The molecule has 0 saturated carbocycles. The smallest absolute Gasteiger partial charge is 0.248 e. The van der Waals surface area contributed by atoms with E-state index in [0.717, 1.165) is 43.1 Å². The molecule has 3 aromatic carbocycles. The molecule has 0 aromatic heterocycles. The molecule has 41 heavy (non-hydrogen) atoms. The fourth-order valence-corrected chi connectivity index (χ4v) is 4.73. The predicted octanol–water partition coefficient (Wildman–Crippen LogP) is 5.03. The SMILES string of the molecule is CC(C)c1ccc(NC(=O)C(NCCN2CCOCC2C)c2ccc(/C=C/C(=O)Nc3ccccc3N)cc2)cc1. The van der Waals surface area contributed by atoms with Crippen LogP contribution in [0.4, 0.5) is 17.1 Å². The number of amides is 2. The van der Waals surface area contributed by atoms with Crippen LogP contribution in [0, 0.1) is 0 Å². The molecule has 1 fully saturated rings. The Hall–Kier alpha value is -3.98. The van der Waals surface area contributed by atoms with Crippen molar-refractivity contribution >= 4 is 35.0 Å². The molecule has 8 nitrogen and oxygen atoms in total. The van der Waals surface area contributed by atoms with Crippen LogP contribution in [-0.2, 0) is 14.3 Å². The second-order valence-electron chi connectivity index (χ2n) is 10.7. The van der Waals surface area contributed by atoms with Gasteiger partial charge < -0.3 is 26.4 Å². The number of carbonyl (C=O) groups is 2. The normalized spacial score (nSPS) is 16.5. The van der Waals surface area contributed by atoms with Crippen LogP contribution in [0.3, 0.4) is 0 Å². The van der Waals surface area contributed by atoms with Crippen molar-refractivity contribution in [2.75, 3.05) is 49.2 Å². The quantitative estimate of drug-likeness (QED) is 0.195. The highest BCUT2D eigenvalue weighted by molar-refractivity contribution is 6.03. The third kappa shape index (κ3) is 8.75. The van der Waals surface area contributed by atoms with Crippen LogP contribution in [-0.4, -0.2) is 55.6 Å². The number of rotatable bonds is 11. The summed E-state index contributed by atoms with van der Waals surface area (Å²) < 4.78 is 5.55. The molecule has 4 rings (SSSR count). The summed E-state index contributed by atoms with van der Waals surface area (Å²) in [5.41, 5.74) is 10.7. The third-order valence-corrected chi connectivity index (χ3v) is 7.28. The molecule has 0 spiro atoms. The van der Waals surface area contributed by atoms with E-state index in [9.17, 15) is 9.59 Å². The molecule has 2 unspecified atom stereocenters. The summed E-state index contributed by atoms with van der Waals surface area (Å²) in [5.74, 6) is 0.0269. The Balaban J connectivity index is 1.43. The predicted molar refractivity (Wildman–Crippen MR) is 167 cm³/mol. The number of anilines is 3. The highest BCUT2D eigenvalue weighted by Gasteiger charge is 2.23. The van der Waals surface area contributed by atoms with E-state index in [2.05, 4.69) is 41.6 Å². The Kier molecular flexibility index (Phi) is 10.7. The fraction of sp³-hybridized carbons (Fsp3) is 0.333. The Morgan fingerprint density at radius 2 is 1.71 bits per heavy atom. The summed E-state index contributed by atoms with van der Waals surface area (Å²) in [6.45, 7) is 10.3. The molecular formula is C33H41N5O3. The van der Waals surface area contributed by atoms with Gasteiger partial charge in [0.15, 0.2) is 0 Å². The number of nitrogens with zero attached hydrogens (tertiary/aromatic N) is 1. The molecule has 1 saturated heterocycles. The molecule has 216 valence electrons. The summed E-state index contributed by atoms with van der Waals surface area (Å²) in [6.07, 6.45) is 3.20. The largest absolute Gasteiger partial charge is 0.397 e. The lowest BCUT2D eigenvalue weighted by Gasteiger charge is -2.33. The molecule has 1 aliphatic heterocycles. The summed E-state index contributed by atoms with van der Waals surface area (Å²) in [7, 11) is 0.